The molecule has 0 aliphatic rings. The summed E-state index contributed by atoms with van der Waals surface area (Å²) in [7, 11) is 0. The molecule has 1 rings (SSSR count). The molecule has 0 heterocycles. The summed E-state index contributed by atoms with van der Waals surface area (Å²) < 4.78 is 1.74. The molecule has 0 aromatic heterocycles. The third-order valence-electron chi connectivity index (χ3n) is 0.818. The average Bonchev–Trinajstić information content (AvgIpc) is 1.80. The van der Waals surface area contributed by atoms with Gasteiger partial charge in [-0.25, -0.2) is 0 Å². The van der Waals surface area contributed by atoms with Gasteiger partial charge in [0.2, 0.25) is 0 Å². The first kappa shape index (κ1) is 7.58. The SMILES string of the molecule is Clc1cc(Br)[c]cc1Br. The summed E-state index contributed by atoms with van der Waals surface area (Å²) in [5.41, 5.74) is 0. The molecule has 1 radical (unpaired) electrons. The molecular weight excluding hydrogens is 267 g/mol. The van der Waals surface area contributed by atoms with Crippen LogP contribution in [0.3, 0.4) is 0 Å². The summed E-state index contributed by atoms with van der Waals surface area (Å²) in [6.45, 7) is 0. The van der Waals surface area contributed by atoms with E-state index >= 15 is 0 Å². The molecule has 1 aromatic rings. The summed E-state index contributed by atoms with van der Waals surface area (Å²) >= 11 is 12.2. The molecule has 0 saturated carbocycles. The van der Waals surface area contributed by atoms with E-state index < -0.39 is 0 Å². The summed E-state index contributed by atoms with van der Waals surface area (Å²) in [6.07, 6.45) is 0. The van der Waals surface area contributed by atoms with Crippen molar-refractivity contribution in [1.29, 1.82) is 0 Å². The zero-order valence-electron chi connectivity index (χ0n) is 4.29. The number of benzene rings is 1. The molecule has 1 aromatic carbocycles. The van der Waals surface area contributed by atoms with Gasteiger partial charge in [0.1, 0.15) is 0 Å². The Balaban J connectivity index is 3.17. The topological polar surface area (TPSA) is 0 Å². The van der Waals surface area contributed by atoms with Crippen LogP contribution in [0.25, 0.3) is 0 Å². The van der Waals surface area contributed by atoms with Crippen LogP contribution in [0.1, 0.15) is 0 Å². The first-order chi connectivity index (χ1) is 4.20. The molecule has 0 fully saturated rings. The molecule has 9 heavy (non-hydrogen) atoms. The Morgan fingerprint density at radius 2 is 2.11 bits per heavy atom. The van der Waals surface area contributed by atoms with Crippen molar-refractivity contribution >= 4 is 43.5 Å². The minimum atomic E-state index is 0.695. The van der Waals surface area contributed by atoms with Crippen molar-refractivity contribution in [3.05, 3.63) is 32.2 Å². The summed E-state index contributed by atoms with van der Waals surface area (Å²) in [5, 5.41) is 0.695. The summed E-state index contributed by atoms with van der Waals surface area (Å²) in [6, 6.07) is 6.48. The highest BCUT2D eigenvalue weighted by Gasteiger charge is 1.94. The van der Waals surface area contributed by atoms with E-state index in [9.17, 15) is 0 Å². The second kappa shape index (κ2) is 3.04. The minimum absolute atomic E-state index is 0.695. The van der Waals surface area contributed by atoms with Gasteiger partial charge in [-0.3, -0.25) is 0 Å². The molecule has 0 saturated heterocycles. The Hall–Kier alpha value is 0.470. The van der Waals surface area contributed by atoms with Crippen LogP contribution < -0.4 is 0 Å². The Bertz CT molecular complexity index is 222. The monoisotopic (exact) mass is 267 g/mol. The van der Waals surface area contributed by atoms with Gasteiger partial charge in [-0.1, -0.05) is 27.5 Å². The van der Waals surface area contributed by atoms with Crippen molar-refractivity contribution in [2.45, 2.75) is 0 Å². The van der Waals surface area contributed by atoms with E-state index in [1.807, 2.05) is 0 Å². The van der Waals surface area contributed by atoms with Gasteiger partial charge in [-0.2, -0.15) is 0 Å². The predicted molar refractivity (Wildman–Crippen MR) is 45.7 cm³/mol. The lowest BCUT2D eigenvalue weighted by Gasteiger charge is -1.92. The van der Waals surface area contributed by atoms with Crippen LogP contribution in [0.2, 0.25) is 5.02 Å². The van der Waals surface area contributed by atoms with Crippen molar-refractivity contribution in [3.63, 3.8) is 0 Å². The molecule has 0 amide bonds. The molecule has 0 N–H and O–H groups in total. The summed E-state index contributed by atoms with van der Waals surface area (Å²) in [4.78, 5) is 0. The first-order valence-electron chi connectivity index (χ1n) is 2.22. The van der Waals surface area contributed by atoms with Crippen LogP contribution in [0.5, 0.6) is 0 Å². The van der Waals surface area contributed by atoms with E-state index in [-0.39, 0.29) is 0 Å². The summed E-state index contributed by atoms with van der Waals surface area (Å²) in [5.74, 6) is 0. The molecular formula is C6H2Br2Cl. The lowest BCUT2D eigenvalue weighted by molar-refractivity contribution is 1.59. The smallest absolute Gasteiger partial charge is 0.0559 e. The Morgan fingerprint density at radius 3 is 2.56 bits per heavy atom. The number of hydrogen-bond donors (Lipinski definition) is 0. The van der Waals surface area contributed by atoms with Gasteiger partial charge < -0.3 is 0 Å². The fourth-order valence-electron chi connectivity index (χ4n) is 0.423. The third-order valence-corrected chi connectivity index (χ3v) is 2.47. The largest absolute Gasteiger partial charge is 0.0831 e. The van der Waals surface area contributed by atoms with Gasteiger partial charge in [0.25, 0.3) is 0 Å². The lowest BCUT2D eigenvalue weighted by Crippen LogP contribution is -1.68. The van der Waals surface area contributed by atoms with Gasteiger partial charge >= 0.3 is 0 Å². The molecule has 0 nitrogen and oxygen atoms in total. The predicted octanol–water partition coefficient (Wildman–Crippen LogP) is 3.67. The maximum atomic E-state index is 5.72. The van der Waals surface area contributed by atoms with Crippen molar-refractivity contribution in [2.75, 3.05) is 0 Å². The first-order valence-corrected chi connectivity index (χ1v) is 4.19. The maximum Gasteiger partial charge on any atom is 0.0559 e. The minimum Gasteiger partial charge on any atom is -0.0831 e. The van der Waals surface area contributed by atoms with Gasteiger partial charge in [0.05, 0.1) is 5.02 Å². The highest BCUT2D eigenvalue weighted by atomic mass is 79.9. The highest BCUT2D eigenvalue weighted by Crippen LogP contribution is 2.24. The van der Waals surface area contributed by atoms with Gasteiger partial charge in [-0.05, 0) is 34.1 Å². The third kappa shape index (κ3) is 1.95. The van der Waals surface area contributed by atoms with E-state index in [0.717, 1.165) is 8.95 Å². The molecule has 0 aliphatic carbocycles. The van der Waals surface area contributed by atoms with Crippen LogP contribution >= 0.6 is 43.5 Å². The van der Waals surface area contributed by atoms with Crippen LogP contribution in [-0.2, 0) is 0 Å². The van der Waals surface area contributed by atoms with Gasteiger partial charge in [0.15, 0.2) is 0 Å². The molecule has 3 heteroatoms. The Kier molecular flexibility index (Phi) is 2.56. The molecule has 0 unspecified atom stereocenters. The lowest BCUT2D eigenvalue weighted by atomic mass is 10.4. The quantitative estimate of drug-likeness (QED) is 0.630. The average molecular weight is 269 g/mol. The van der Waals surface area contributed by atoms with E-state index in [0.29, 0.717) is 5.02 Å². The Labute approximate surface area is 75.5 Å². The van der Waals surface area contributed by atoms with Crippen molar-refractivity contribution in [1.82, 2.24) is 0 Å². The number of halogens is 3. The molecule has 0 bridgehead atoms. The number of hydrogen-bond acceptors (Lipinski definition) is 0. The second-order valence-corrected chi connectivity index (χ2v) is 3.59. The van der Waals surface area contributed by atoms with Crippen LogP contribution in [-0.4, -0.2) is 0 Å². The standard InChI is InChI=1S/C6H2Br2Cl/c7-4-1-2-5(8)6(9)3-4/h2-3H. The van der Waals surface area contributed by atoms with Gasteiger partial charge in [-0.15, -0.1) is 0 Å². The van der Waals surface area contributed by atoms with E-state index in [1.54, 1.807) is 12.1 Å². The molecule has 0 spiro atoms. The molecule has 0 aliphatic heterocycles. The fourth-order valence-corrected chi connectivity index (χ4v) is 1.29. The van der Waals surface area contributed by atoms with Crippen LogP contribution in [0.15, 0.2) is 21.1 Å². The molecule has 0 atom stereocenters. The van der Waals surface area contributed by atoms with E-state index in [2.05, 4.69) is 37.9 Å². The van der Waals surface area contributed by atoms with Gasteiger partial charge in [0, 0.05) is 8.95 Å². The highest BCUT2D eigenvalue weighted by molar-refractivity contribution is 9.11. The maximum absolute atomic E-state index is 5.72. The van der Waals surface area contributed by atoms with Crippen LogP contribution in [0.4, 0.5) is 0 Å². The zero-order chi connectivity index (χ0) is 6.85. The molecule has 47 valence electrons. The van der Waals surface area contributed by atoms with E-state index in [1.165, 1.54) is 0 Å². The zero-order valence-corrected chi connectivity index (χ0v) is 8.22. The van der Waals surface area contributed by atoms with Crippen molar-refractivity contribution < 1.29 is 0 Å². The van der Waals surface area contributed by atoms with Crippen molar-refractivity contribution in [2.24, 2.45) is 0 Å². The number of rotatable bonds is 0. The fraction of sp³-hybridized carbons (Fsp3) is 0. The van der Waals surface area contributed by atoms with Crippen molar-refractivity contribution in [3.8, 4) is 0 Å². The second-order valence-electron chi connectivity index (χ2n) is 1.48. The Morgan fingerprint density at radius 1 is 1.44 bits per heavy atom. The normalized spacial score (nSPS) is 9.67. The van der Waals surface area contributed by atoms with Crippen LogP contribution in [0, 0.1) is 6.07 Å². The van der Waals surface area contributed by atoms with E-state index in [4.69, 9.17) is 11.6 Å².